The van der Waals surface area contributed by atoms with E-state index in [-0.39, 0.29) is 17.7 Å². The molecule has 0 unspecified atom stereocenters. The highest BCUT2D eigenvalue weighted by Gasteiger charge is 2.26. The zero-order valence-corrected chi connectivity index (χ0v) is 14.0. The number of aromatic nitrogens is 2. The lowest BCUT2D eigenvalue weighted by Gasteiger charge is -2.35. The topological polar surface area (TPSA) is 62.5 Å². The van der Waals surface area contributed by atoms with Gasteiger partial charge in [0.2, 0.25) is 5.89 Å². The van der Waals surface area contributed by atoms with Gasteiger partial charge in [0.05, 0.1) is 0 Å². The molecule has 2 heterocycles. The molecule has 0 bridgehead atoms. The number of amides is 1. The summed E-state index contributed by atoms with van der Waals surface area (Å²) in [6, 6.07) is 7.75. The molecule has 1 aromatic heterocycles. The van der Waals surface area contributed by atoms with Gasteiger partial charge in [-0.25, -0.2) is 0 Å². The van der Waals surface area contributed by atoms with Gasteiger partial charge in [0.1, 0.15) is 0 Å². The molecule has 3 rings (SSSR count). The van der Waals surface area contributed by atoms with E-state index >= 15 is 0 Å². The molecule has 0 atom stereocenters. The second kappa shape index (κ2) is 6.58. The Labute approximate surface area is 140 Å². The summed E-state index contributed by atoms with van der Waals surface area (Å²) in [5.41, 5.74) is 1.07. The van der Waals surface area contributed by atoms with E-state index in [1.54, 1.807) is 4.90 Å². The maximum Gasteiger partial charge on any atom is 0.311 e. The molecule has 1 saturated heterocycles. The molecule has 0 N–H and O–H groups in total. The molecule has 122 valence electrons. The normalized spacial score (nSPS) is 15.3. The van der Waals surface area contributed by atoms with Gasteiger partial charge < -0.3 is 14.2 Å². The number of halogens is 1. The van der Waals surface area contributed by atoms with Crippen LogP contribution < -0.4 is 4.90 Å². The lowest BCUT2D eigenvalue weighted by molar-refractivity contribution is 0.0704. The molecule has 0 spiro atoms. The van der Waals surface area contributed by atoms with Crippen LogP contribution in [0.3, 0.4) is 0 Å². The van der Waals surface area contributed by atoms with Crippen molar-refractivity contribution < 1.29 is 9.21 Å². The molecule has 7 heteroatoms. The van der Waals surface area contributed by atoms with Crippen molar-refractivity contribution in [3.63, 3.8) is 0 Å². The minimum atomic E-state index is -0.199. The van der Waals surface area contributed by atoms with Gasteiger partial charge in [-0.05, 0) is 18.2 Å². The van der Waals surface area contributed by atoms with E-state index in [0.717, 1.165) is 18.8 Å². The third-order valence-corrected chi connectivity index (χ3v) is 4.09. The molecule has 1 amide bonds. The fraction of sp³-hybridized carbons (Fsp3) is 0.438. The van der Waals surface area contributed by atoms with Crippen LogP contribution in [0.4, 0.5) is 5.69 Å². The molecule has 0 radical (unpaired) electrons. The monoisotopic (exact) mass is 334 g/mol. The van der Waals surface area contributed by atoms with Crippen LogP contribution in [0.2, 0.25) is 5.02 Å². The van der Waals surface area contributed by atoms with E-state index in [4.69, 9.17) is 16.0 Å². The summed E-state index contributed by atoms with van der Waals surface area (Å²) in [4.78, 5) is 16.4. The maximum atomic E-state index is 12.4. The SMILES string of the molecule is CC(C)c1nnc(C(=O)N2CCN(c3cccc(Cl)c3)CC2)o1. The van der Waals surface area contributed by atoms with E-state index in [0.29, 0.717) is 24.0 Å². The summed E-state index contributed by atoms with van der Waals surface area (Å²) in [5, 5.41) is 8.49. The summed E-state index contributed by atoms with van der Waals surface area (Å²) in [6.45, 7) is 6.63. The lowest BCUT2D eigenvalue weighted by atomic mass is 10.2. The van der Waals surface area contributed by atoms with Crippen molar-refractivity contribution >= 4 is 23.2 Å². The Morgan fingerprint density at radius 2 is 1.96 bits per heavy atom. The highest BCUT2D eigenvalue weighted by Crippen LogP contribution is 2.21. The Morgan fingerprint density at radius 1 is 1.22 bits per heavy atom. The number of hydrogen-bond donors (Lipinski definition) is 0. The first kappa shape index (κ1) is 15.8. The number of hydrogen-bond acceptors (Lipinski definition) is 5. The molecule has 0 aliphatic carbocycles. The molecular formula is C16H19ClN4O2. The van der Waals surface area contributed by atoms with E-state index in [2.05, 4.69) is 15.1 Å². The van der Waals surface area contributed by atoms with Crippen LogP contribution in [0.5, 0.6) is 0 Å². The zero-order valence-electron chi connectivity index (χ0n) is 13.2. The molecule has 1 fully saturated rings. The van der Waals surface area contributed by atoms with Crippen LogP contribution in [-0.4, -0.2) is 47.2 Å². The highest BCUT2D eigenvalue weighted by molar-refractivity contribution is 6.30. The number of benzene rings is 1. The smallest absolute Gasteiger partial charge is 0.311 e. The molecule has 0 saturated carbocycles. The third kappa shape index (κ3) is 3.47. The number of carbonyl (C=O) groups excluding carboxylic acids is 1. The maximum absolute atomic E-state index is 12.4. The first-order valence-electron chi connectivity index (χ1n) is 7.68. The third-order valence-electron chi connectivity index (χ3n) is 3.86. The van der Waals surface area contributed by atoms with Crippen molar-refractivity contribution in [1.29, 1.82) is 0 Å². The zero-order chi connectivity index (χ0) is 16.4. The lowest BCUT2D eigenvalue weighted by Crippen LogP contribution is -2.48. The minimum absolute atomic E-state index is 0.0740. The van der Waals surface area contributed by atoms with Gasteiger partial charge >= 0.3 is 11.8 Å². The summed E-state index contributed by atoms with van der Waals surface area (Å²) in [6.07, 6.45) is 0. The average Bonchev–Trinajstić information content (AvgIpc) is 3.04. The van der Waals surface area contributed by atoms with Crippen LogP contribution >= 0.6 is 11.6 Å². The van der Waals surface area contributed by atoms with Gasteiger partial charge in [-0.15, -0.1) is 10.2 Å². The van der Waals surface area contributed by atoms with Gasteiger partial charge in [-0.2, -0.15) is 0 Å². The fourth-order valence-electron chi connectivity index (χ4n) is 2.53. The summed E-state index contributed by atoms with van der Waals surface area (Å²) >= 11 is 6.03. The number of rotatable bonds is 3. The summed E-state index contributed by atoms with van der Waals surface area (Å²) in [5.74, 6) is 0.481. The van der Waals surface area contributed by atoms with Crippen molar-refractivity contribution in [3.05, 3.63) is 41.1 Å². The predicted octanol–water partition coefficient (Wildman–Crippen LogP) is 2.81. The second-order valence-electron chi connectivity index (χ2n) is 5.86. The van der Waals surface area contributed by atoms with Crippen molar-refractivity contribution in [1.82, 2.24) is 15.1 Å². The number of piperazine rings is 1. The summed E-state index contributed by atoms with van der Waals surface area (Å²) < 4.78 is 5.44. The Morgan fingerprint density at radius 3 is 2.57 bits per heavy atom. The number of anilines is 1. The van der Waals surface area contributed by atoms with E-state index in [1.165, 1.54) is 0 Å². The van der Waals surface area contributed by atoms with Crippen molar-refractivity contribution in [2.24, 2.45) is 0 Å². The second-order valence-corrected chi connectivity index (χ2v) is 6.30. The van der Waals surface area contributed by atoms with Gasteiger partial charge in [0.25, 0.3) is 0 Å². The van der Waals surface area contributed by atoms with Crippen LogP contribution in [-0.2, 0) is 0 Å². The van der Waals surface area contributed by atoms with E-state index in [9.17, 15) is 4.79 Å². The Bertz CT molecular complexity index is 693. The Balaban J connectivity index is 1.63. The van der Waals surface area contributed by atoms with Gasteiger partial charge in [0, 0.05) is 42.8 Å². The van der Waals surface area contributed by atoms with Crippen molar-refractivity contribution in [2.75, 3.05) is 31.1 Å². The van der Waals surface area contributed by atoms with Gasteiger partial charge in [-0.1, -0.05) is 31.5 Å². The number of nitrogens with zero attached hydrogens (tertiary/aromatic N) is 4. The van der Waals surface area contributed by atoms with Crippen LogP contribution in [0.25, 0.3) is 0 Å². The van der Waals surface area contributed by atoms with Crippen molar-refractivity contribution in [3.8, 4) is 0 Å². The quantitative estimate of drug-likeness (QED) is 0.863. The molecule has 1 aliphatic heterocycles. The molecule has 6 nitrogen and oxygen atoms in total. The summed E-state index contributed by atoms with van der Waals surface area (Å²) in [7, 11) is 0. The Kier molecular flexibility index (Phi) is 4.52. The number of carbonyl (C=O) groups is 1. The van der Waals surface area contributed by atoms with Crippen LogP contribution in [0.1, 0.15) is 36.3 Å². The largest absolute Gasteiger partial charge is 0.417 e. The molecule has 1 aromatic carbocycles. The van der Waals surface area contributed by atoms with Gasteiger partial charge in [0.15, 0.2) is 0 Å². The van der Waals surface area contributed by atoms with Crippen molar-refractivity contribution in [2.45, 2.75) is 19.8 Å². The van der Waals surface area contributed by atoms with Crippen LogP contribution in [0.15, 0.2) is 28.7 Å². The molecular weight excluding hydrogens is 316 g/mol. The minimum Gasteiger partial charge on any atom is -0.417 e. The first-order chi connectivity index (χ1) is 11.0. The van der Waals surface area contributed by atoms with E-state index < -0.39 is 0 Å². The van der Waals surface area contributed by atoms with Gasteiger partial charge in [-0.3, -0.25) is 4.79 Å². The highest BCUT2D eigenvalue weighted by atomic mass is 35.5. The van der Waals surface area contributed by atoms with E-state index in [1.807, 2.05) is 38.1 Å². The molecule has 2 aromatic rings. The Hall–Kier alpha value is -2.08. The fourth-order valence-corrected chi connectivity index (χ4v) is 2.71. The average molecular weight is 335 g/mol. The predicted molar refractivity (Wildman–Crippen MR) is 88.0 cm³/mol. The molecule has 23 heavy (non-hydrogen) atoms. The first-order valence-corrected chi connectivity index (χ1v) is 8.05. The van der Waals surface area contributed by atoms with Crippen LogP contribution in [0, 0.1) is 0 Å². The standard InChI is InChI=1S/C16H19ClN4O2/c1-11(2)14-18-19-15(23-14)16(22)21-8-6-20(7-9-21)13-5-3-4-12(17)10-13/h3-5,10-11H,6-9H2,1-2H3. The molecule has 1 aliphatic rings.